The fourth-order valence-electron chi connectivity index (χ4n) is 4.58. The van der Waals surface area contributed by atoms with E-state index in [1.165, 1.54) is 5.56 Å². The number of amides is 1. The molecule has 4 rings (SSSR count). The van der Waals surface area contributed by atoms with Gasteiger partial charge in [-0.1, -0.05) is 24.3 Å². The van der Waals surface area contributed by atoms with Crippen molar-refractivity contribution in [3.05, 3.63) is 59.4 Å². The van der Waals surface area contributed by atoms with Crippen LogP contribution in [0.2, 0.25) is 0 Å². The highest BCUT2D eigenvalue weighted by Gasteiger charge is 2.22. The van der Waals surface area contributed by atoms with Gasteiger partial charge in [0.2, 0.25) is 5.91 Å². The number of hydrogen-bond donors (Lipinski definition) is 0. The third kappa shape index (κ3) is 5.14. The molecule has 7 nitrogen and oxygen atoms in total. The summed E-state index contributed by atoms with van der Waals surface area (Å²) >= 11 is 0. The standard InChI is InChI=1S/C27H35N5O2/c1-19-8-6-9-24-26(19)28-25(18-30(4)20(2)22-10-12-23(34-5)13-11-22)29-27(24)32-15-7-14-31(16-17-32)21(3)33/h6,8-13,20H,7,14-18H2,1-5H3/t20-/m0/s1. The highest BCUT2D eigenvalue weighted by Crippen LogP contribution is 2.28. The van der Waals surface area contributed by atoms with Crippen LogP contribution in [0.15, 0.2) is 42.5 Å². The molecule has 1 amide bonds. The maximum atomic E-state index is 11.9. The Morgan fingerprint density at radius 2 is 1.85 bits per heavy atom. The summed E-state index contributed by atoms with van der Waals surface area (Å²) in [6, 6.07) is 14.7. The number of para-hydroxylation sites is 1. The number of hydrogen-bond acceptors (Lipinski definition) is 6. The van der Waals surface area contributed by atoms with Crippen molar-refractivity contribution < 1.29 is 9.53 Å². The third-order valence-corrected chi connectivity index (χ3v) is 6.85. The van der Waals surface area contributed by atoms with Crippen LogP contribution in [0.5, 0.6) is 5.75 Å². The van der Waals surface area contributed by atoms with Crippen LogP contribution in [0.3, 0.4) is 0 Å². The van der Waals surface area contributed by atoms with Gasteiger partial charge in [0.1, 0.15) is 17.4 Å². The molecule has 1 aliphatic heterocycles. The first-order valence-electron chi connectivity index (χ1n) is 12.0. The van der Waals surface area contributed by atoms with Crippen LogP contribution < -0.4 is 9.64 Å². The molecular weight excluding hydrogens is 426 g/mol. The van der Waals surface area contributed by atoms with Gasteiger partial charge in [-0.2, -0.15) is 0 Å². The van der Waals surface area contributed by atoms with E-state index in [1.807, 2.05) is 17.0 Å². The maximum Gasteiger partial charge on any atom is 0.219 e. The quantitative estimate of drug-likeness (QED) is 0.548. The summed E-state index contributed by atoms with van der Waals surface area (Å²) in [6.07, 6.45) is 0.931. The number of nitrogens with zero attached hydrogens (tertiary/aromatic N) is 5. The van der Waals surface area contributed by atoms with Crippen LogP contribution in [-0.2, 0) is 11.3 Å². The second kappa shape index (κ2) is 10.4. The molecule has 34 heavy (non-hydrogen) atoms. The Morgan fingerprint density at radius 3 is 2.56 bits per heavy atom. The fraction of sp³-hybridized carbons (Fsp3) is 0.444. The molecule has 180 valence electrons. The normalized spacial score (nSPS) is 15.5. The minimum atomic E-state index is 0.139. The average Bonchev–Trinajstić information content (AvgIpc) is 3.10. The highest BCUT2D eigenvalue weighted by atomic mass is 16.5. The Bertz CT molecular complexity index is 1150. The molecule has 1 aromatic heterocycles. The lowest BCUT2D eigenvalue weighted by Gasteiger charge is -2.27. The van der Waals surface area contributed by atoms with Gasteiger partial charge >= 0.3 is 0 Å². The second-order valence-electron chi connectivity index (χ2n) is 9.15. The van der Waals surface area contributed by atoms with Crippen molar-refractivity contribution in [3.63, 3.8) is 0 Å². The number of methoxy groups -OCH3 is 1. The summed E-state index contributed by atoms with van der Waals surface area (Å²) in [5, 5.41) is 1.07. The zero-order valence-electron chi connectivity index (χ0n) is 20.9. The first-order valence-corrected chi connectivity index (χ1v) is 12.0. The molecule has 0 N–H and O–H groups in total. The summed E-state index contributed by atoms with van der Waals surface area (Å²) in [7, 11) is 3.79. The molecule has 1 aliphatic rings. The third-order valence-electron chi connectivity index (χ3n) is 6.85. The SMILES string of the molecule is COc1ccc([C@H](C)N(C)Cc2nc(N3CCCN(C(C)=O)CC3)c3cccc(C)c3n2)cc1. The molecule has 0 unspecified atom stereocenters. The minimum absolute atomic E-state index is 0.139. The van der Waals surface area contributed by atoms with Gasteiger partial charge in [0.15, 0.2) is 0 Å². The number of benzene rings is 2. The van der Waals surface area contributed by atoms with Crippen molar-refractivity contribution in [3.8, 4) is 5.75 Å². The summed E-state index contributed by atoms with van der Waals surface area (Å²) in [5.74, 6) is 2.78. The van der Waals surface area contributed by atoms with E-state index in [0.717, 1.165) is 66.5 Å². The lowest BCUT2D eigenvalue weighted by atomic mass is 10.1. The number of carbonyl (C=O) groups is 1. The van der Waals surface area contributed by atoms with Crippen LogP contribution in [0.25, 0.3) is 10.9 Å². The Morgan fingerprint density at radius 1 is 1.09 bits per heavy atom. The Balaban J connectivity index is 1.63. The Hall–Kier alpha value is -3.19. The highest BCUT2D eigenvalue weighted by molar-refractivity contribution is 5.91. The van der Waals surface area contributed by atoms with Crippen molar-refractivity contribution >= 4 is 22.6 Å². The van der Waals surface area contributed by atoms with Crippen LogP contribution in [0, 0.1) is 6.92 Å². The molecule has 7 heteroatoms. The zero-order chi connectivity index (χ0) is 24.2. The number of ether oxygens (including phenoxy) is 1. The summed E-state index contributed by atoms with van der Waals surface area (Å²) in [4.78, 5) is 28.5. The van der Waals surface area contributed by atoms with Gasteiger partial charge in [0, 0.05) is 44.5 Å². The van der Waals surface area contributed by atoms with Crippen LogP contribution in [0.1, 0.15) is 43.3 Å². The number of fused-ring (bicyclic) bond motifs is 1. The smallest absolute Gasteiger partial charge is 0.219 e. The monoisotopic (exact) mass is 461 g/mol. The number of rotatable bonds is 6. The van der Waals surface area contributed by atoms with Gasteiger partial charge in [0.05, 0.1) is 19.2 Å². The molecular formula is C27H35N5O2. The number of aromatic nitrogens is 2. The number of carbonyl (C=O) groups excluding carboxylic acids is 1. The number of anilines is 1. The maximum absolute atomic E-state index is 11.9. The molecule has 1 atom stereocenters. The van der Waals surface area contributed by atoms with Gasteiger partial charge in [-0.3, -0.25) is 9.69 Å². The predicted octanol–water partition coefficient (Wildman–Crippen LogP) is 4.20. The Labute approximate surface area is 202 Å². The minimum Gasteiger partial charge on any atom is -0.497 e. The summed E-state index contributed by atoms with van der Waals surface area (Å²) in [5.41, 5.74) is 3.37. The molecule has 0 spiro atoms. The second-order valence-corrected chi connectivity index (χ2v) is 9.15. The van der Waals surface area contributed by atoms with Crippen molar-refractivity contribution in [1.82, 2.24) is 19.8 Å². The first kappa shape index (κ1) is 24.0. The van der Waals surface area contributed by atoms with Crippen molar-refractivity contribution in [1.29, 1.82) is 0 Å². The fourth-order valence-corrected chi connectivity index (χ4v) is 4.58. The van der Waals surface area contributed by atoms with E-state index in [1.54, 1.807) is 14.0 Å². The molecule has 1 fully saturated rings. The van der Waals surface area contributed by atoms with E-state index in [2.05, 4.69) is 61.0 Å². The summed E-state index contributed by atoms with van der Waals surface area (Å²) in [6.45, 7) is 9.75. The van der Waals surface area contributed by atoms with Gasteiger partial charge in [-0.25, -0.2) is 9.97 Å². The largest absolute Gasteiger partial charge is 0.497 e. The van der Waals surface area contributed by atoms with Crippen molar-refractivity contribution in [2.45, 2.75) is 39.8 Å². The molecule has 0 aliphatic carbocycles. The van der Waals surface area contributed by atoms with E-state index in [0.29, 0.717) is 6.54 Å². The Kier molecular flexibility index (Phi) is 7.32. The van der Waals surface area contributed by atoms with Crippen molar-refractivity contribution in [2.24, 2.45) is 0 Å². The lowest BCUT2D eigenvalue weighted by molar-refractivity contribution is -0.128. The van der Waals surface area contributed by atoms with E-state index >= 15 is 0 Å². The summed E-state index contributed by atoms with van der Waals surface area (Å²) < 4.78 is 5.30. The first-order chi connectivity index (χ1) is 16.4. The van der Waals surface area contributed by atoms with Crippen molar-refractivity contribution in [2.75, 3.05) is 45.2 Å². The molecule has 0 bridgehead atoms. The van der Waals surface area contributed by atoms with E-state index in [-0.39, 0.29) is 11.9 Å². The molecule has 2 heterocycles. The average molecular weight is 462 g/mol. The van der Waals surface area contributed by atoms with Crippen LogP contribution >= 0.6 is 0 Å². The van der Waals surface area contributed by atoms with Crippen LogP contribution in [0.4, 0.5) is 5.82 Å². The van der Waals surface area contributed by atoms with E-state index < -0.39 is 0 Å². The lowest BCUT2D eigenvalue weighted by Crippen LogP contribution is -2.34. The number of aryl methyl sites for hydroxylation is 1. The van der Waals surface area contributed by atoms with Gasteiger partial charge in [0.25, 0.3) is 0 Å². The van der Waals surface area contributed by atoms with Gasteiger partial charge in [-0.05, 0) is 56.6 Å². The van der Waals surface area contributed by atoms with Gasteiger partial charge < -0.3 is 14.5 Å². The molecule has 0 radical (unpaired) electrons. The molecule has 0 saturated carbocycles. The predicted molar refractivity (Wildman–Crippen MR) is 136 cm³/mol. The van der Waals surface area contributed by atoms with Gasteiger partial charge in [-0.15, -0.1) is 0 Å². The zero-order valence-corrected chi connectivity index (χ0v) is 20.9. The molecule has 3 aromatic rings. The molecule has 2 aromatic carbocycles. The van der Waals surface area contributed by atoms with E-state index in [4.69, 9.17) is 14.7 Å². The topological polar surface area (TPSA) is 61.8 Å². The van der Waals surface area contributed by atoms with E-state index in [9.17, 15) is 4.79 Å². The van der Waals surface area contributed by atoms with Crippen LogP contribution in [-0.4, -0.2) is 66.0 Å². The molecule has 1 saturated heterocycles.